The molecule has 0 saturated carbocycles. The summed E-state index contributed by atoms with van der Waals surface area (Å²) in [6.45, 7) is 2.59. The number of aryl methyl sites for hydroxylation is 1. The highest BCUT2D eigenvalue weighted by atomic mass is 79.9. The van der Waals surface area contributed by atoms with Crippen LogP contribution in [0.3, 0.4) is 0 Å². The molecular weight excluding hydrogens is 246 g/mol. The molecule has 1 aromatic rings. The molecule has 0 aliphatic rings. The third kappa shape index (κ3) is 3.25. The smallest absolute Gasteiger partial charge is 0.126 e. The normalized spacial score (nSPS) is 12.6. The quantitative estimate of drug-likeness (QED) is 0.751. The summed E-state index contributed by atoms with van der Waals surface area (Å²) in [4.78, 5) is 4.27. The minimum atomic E-state index is -0.527. The second-order valence-electron chi connectivity index (χ2n) is 3.03. The Hall–Kier alpha value is -0.650. The van der Waals surface area contributed by atoms with Gasteiger partial charge in [0, 0.05) is 17.6 Å². The molecule has 1 atom stereocenters. The number of nitrogens with two attached hydrogens (primary N) is 1. The van der Waals surface area contributed by atoms with E-state index in [2.05, 4.69) is 26.2 Å². The van der Waals surface area contributed by atoms with E-state index in [9.17, 15) is 5.11 Å². The number of hydrogen-bond donors (Lipinski definition) is 3. The number of nitrogens with zero attached hydrogens (tertiary/aromatic N) is 1. The van der Waals surface area contributed by atoms with Gasteiger partial charge in [0.25, 0.3) is 0 Å². The summed E-state index contributed by atoms with van der Waals surface area (Å²) in [6.07, 6.45) is -0.527. The summed E-state index contributed by atoms with van der Waals surface area (Å²) in [5.74, 6) is 0.748. The molecule has 0 aliphatic heterocycles. The van der Waals surface area contributed by atoms with E-state index in [-0.39, 0.29) is 6.54 Å². The number of anilines is 1. The maximum absolute atomic E-state index is 9.22. The lowest BCUT2D eigenvalue weighted by Crippen LogP contribution is -2.28. The Kier molecular flexibility index (Phi) is 4.31. The zero-order valence-electron chi connectivity index (χ0n) is 8.00. The van der Waals surface area contributed by atoms with Gasteiger partial charge in [0.1, 0.15) is 5.82 Å². The molecule has 1 aromatic heterocycles. The molecule has 4 nitrogen and oxygen atoms in total. The first-order valence-electron chi connectivity index (χ1n) is 4.38. The Morgan fingerprint density at radius 3 is 2.93 bits per heavy atom. The highest BCUT2D eigenvalue weighted by Gasteiger charge is 2.02. The van der Waals surface area contributed by atoms with Gasteiger partial charge >= 0.3 is 0 Å². The van der Waals surface area contributed by atoms with E-state index in [0.29, 0.717) is 6.54 Å². The van der Waals surface area contributed by atoms with Crippen LogP contribution in [0.4, 0.5) is 5.82 Å². The van der Waals surface area contributed by atoms with E-state index in [1.807, 2.05) is 19.1 Å². The molecule has 0 aromatic carbocycles. The van der Waals surface area contributed by atoms with Crippen LogP contribution in [0.1, 0.15) is 5.69 Å². The van der Waals surface area contributed by atoms with Gasteiger partial charge in [0.2, 0.25) is 0 Å². The second kappa shape index (κ2) is 5.29. The molecule has 0 radical (unpaired) electrons. The predicted octanol–water partition coefficient (Wildman–Crippen LogP) is 0.884. The monoisotopic (exact) mass is 259 g/mol. The van der Waals surface area contributed by atoms with E-state index >= 15 is 0 Å². The Balaban J connectivity index is 2.55. The molecule has 4 N–H and O–H groups in total. The van der Waals surface area contributed by atoms with Crippen LogP contribution < -0.4 is 11.1 Å². The summed E-state index contributed by atoms with van der Waals surface area (Å²) >= 11 is 3.36. The van der Waals surface area contributed by atoms with Gasteiger partial charge in [-0.05, 0) is 35.0 Å². The minimum absolute atomic E-state index is 0.252. The third-order valence-corrected chi connectivity index (χ3v) is 2.65. The van der Waals surface area contributed by atoms with Crippen molar-refractivity contribution in [2.24, 2.45) is 5.73 Å². The van der Waals surface area contributed by atoms with E-state index in [4.69, 9.17) is 5.73 Å². The Morgan fingerprint density at radius 1 is 1.64 bits per heavy atom. The fourth-order valence-corrected chi connectivity index (χ4v) is 1.17. The van der Waals surface area contributed by atoms with E-state index in [0.717, 1.165) is 16.0 Å². The van der Waals surface area contributed by atoms with Crippen LogP contribution in [0.2, 0.25) is 0 Å². The topological polar surface area (TPSA) is 71.2 Å². The molecule has 1 heterocycles. The van der Waals surface area contributed by atoms with Crippen LogP contribution in [0.15, 0.2) is 16.6 Å². The average Bonchev–Trinajstić information content (AvgIpc) is 2.19. The third-order valence-electron chi connectivity index (χ3n) is 1.81. The molecule has 0 spiro atoms. The van der Waals surface area contributed by atoms with Gasteiger partial charge in [-0.25, -0.2) is 4.98 Å². The lowest BCUT2D eigenvalue weighted by Gasteiger charge is -2.10. The Morgan fingerprint density at radius 2 is 2.36 bits per heavy atom. The van der Waals surface area contributed by atoms with E-state index < -0.39 is 6.10 Å². The number of hydrogen-bond acceptors (Lipinski definition) is 4. The van der Waals surface area contributed by atoms with E-state index in [1.54, 1.807) is 0 Å². The molecule has 5 heteroatoms. The molecule has 1 unspecified atom stereocenters. The number of halogens is 1. The number of rotatable bonds is 4. The molecule has 0 saturated heterocycles. The highest BCUT2D eigenvalue weighted by Crippen LogP contribution is 2.15. The van der Waals surface area contributed by atoms with Crippen LogP contribution in [-0.4, -0.2) is 29.3 Å². The molecule has 14 heavy (non-hydrogen) atoms. The van der Waals surface area contributed by atoms with Gasteiger partial charge in [-0.3, -0.25) is 0 Å². The molecule has 78 valence electrons. The van der Waals surface area contributed by atoms with E-state index in [1.165, 1.54) is 0 Å². The maximum Gasteiger partial charge on any atom is 0.126 e. The van der Waals surface area contributed by atoms with Crippen molar-refractivity contribution in [2.45, 2.75) is 13.0 Å². The number of aliphatic hydroxyl groups is 1. The standard InChI is InChI=1S/C9H14BrN3O/c1-6-8(10)2-3-9(13-6)12-5-7(14)4-11/h2-3,7,14H,4-5,11H2,1H3,(H,12,13). The first kappa shape index (κ1) is 11.4. The lowest BCUT2D eigenvalue weighted by atomic mass is 10.3. The Labute approximate surface area is 91.7 Å². The summed E-state index contributed by atoms with van der Waals surface area (Å²) in [7, 11) is 0. The number of aliphatic hydroxyl groups excluding tert-OH is 1. The van der Waals surface area contributed by atoms with Crippen molar-refractivity contribution in [3.63, 3.8) is 0 Å². The van der Waals surface area contributed by atoms with Crippen molar-refractivity contribution in [3.05, 3.63) is 22.3 Å². The van der Waals surface area contributed by atoms with Gasteiger partial charge in [-0.2, -0.15) is 0 Å². The van der Waals surface area contributed by atoms with Crippen molar-refractivity contribution < 1.29 is 5.11 Å². The second-order valence-corrected chi connectivity index (χ2v) is 3.89. The highest BCUT2D eigenvalue weighted by molar-refractivity contribution is 9.10. The van der Waals surface area contributed by atoms with Crippen molar-refractivity contribution in [3.8, 4) is 0 Å². The average molecular weight is 260 g/mol. The van der Waals surface area contributed by atoms with Crippen LogP contribution in [-0.2, 0) is 0 Å². The SMILES string of the molecule is Cc1nc(NCC(O)CN)ccc1Br. The van der Waals surface area contributed by atoms with Crippen molar-refractivity contribution >= 4 is 21.7 Å². The fraction of sp³-hybridized carbons (Fsp3) is 0.444. The van der Waals surface area contributed by atoms with Crippen LogP contribution in [0.5, 0.6) is 0 Å². The van der Waals surface area contributed by atoms with Crippen molar-refractivity contribution in [2.75, 3.05) is 18.4 Å². The van der Waals surface area contributed by atoms with Gasteiger partial charge in [0.15, 0.2) is 0 Å². The minimum Gasteiger partial charge on any atom is -0.390 e. The summed E-state index contributed by atoms with van der Waals surface area (Å²) < 4.78 is 0.974. The van der Waals surface area contributed by atoms with Gasteiger partial charge in [0.05, 0.1) is 11.8 Å². The molecule has 1 rings (SSSR count). The number of pyridine rings is 1. The lowest BCUT2D eigenvalue weighted by molar-refractivity contribution is 0.196. The summed E-state index contributed by atoms with van der Waals surface area (Å²) in [5.41, 5.74) is 6.19. The molecule has 0 fully saturated rings. The van der Waals surface area contributed by atoms with Gasteiger partial charge in [-0.1, -0.05) is 0 Å². The van der Waals surface area contributed by atoms with Crippen molar-refractivity contribution in [1.82, 2.24) is 4.98 Å². The predicted molar refractivity (Wildman–Crippen MR) is 60.2 cm³/mol. The van der Waals surface area contributed by atoms with Crippen LogP contribution in [0.25, 0.3) is 0 Å². The Bertz CT molecular complexity index is 306. The summed E-state index contributed by atoms with van der Waals surface area (Å²) in [5, 5.41) is 12.2. The largest absolute Gasteiger partial charge is 0.390 e. The van der Waals surface area contributed by atoms with Gasteiger partial charge in [-0.15, -0.1) is 0 Å². The summed E-state index contributed by atoms with van der Waals surface area (Å²) in [6, 6.07) is 3.76. The first-order chi connectivity index (χ1) is 6.63. The molecule has 0 bridgehead atoms. The molecular formula is C9H14BrN3O. The zero-order chi connectivity index (χ0) is 10.6. The van der Waals surface area contributed by atoms with Crippen LogP contribution in [0, 0.1) is 6.92 Å². The van der Waals surface area contributed by atoms with Crippen molar-refractivity contribution in [1.29, 1.82) is 0 Å². The number of aromatic nitrogens is 1. The fourth-order valence-electron chi connectivity index (χ4n) is 0.948. The maximum atomic E-state index is 9.22. The van der Waals surface area contributed by atoms with Crippen LogP contribution >= 0.6 is 15.9 Å². The molecule has 0 amide bonds. The molecule has 0 aliphatic carbocycles. The number of nitrogens with one attached hydrogen (secondary N) is 1. The zero-order valence-corrected chi connectivity index (χ0v) is 9.58. The van der Waals surface area contributed by atoms with Gasteiger partial charge < -0.3 is 16.2 Å². The first-order valence-corrected chi connectivity index (χ1v) is 5.18.